The van der Waals surface area contributed by atoms with Crippen LogP contribution in [0.5, 0.6) is 0 Å². The topological polar surface area (TPSA) is 94.9 Å². The van der Waals surface area contributed by atoms with Crippen molar-refractivity contribution >= 4 is 24.2 Å². The molecule has 0 saturated carbocycles. The molecule has 1 rings (SSSR count). The van der Waals surface area contributed by atoms with Crippen molar-refractivity contribution in [3.63, 3.8) is 0 Å². The van der Waals surface area contributed by atoms with Crippen LogP contribution in [0.25, 0.3) is 0 Å². The first kappa shape index (κ1) is 13.8. The van der Waals surface area contributed by atoms with Gasteiger partial charge in [0.05, 0.1) is 0 Å². The Morgan fingerprint density at radius 3 is 2.61 bits per heavy atom. The van der Waals surface area contributed by atoms with Gasteiger partial charge in [-0.1, -0.05) is 0 Å². The molecular weight excluding hydrogens is 232 g/mol. The maximum absolute atomic E-state index is 11.5. The zero-order valence-corrected chi connectivity index (χ0v) is 10.6. The summed E-state index contributed by atoms with van der Waals surface area (Å²) >= 11 is 0. The number of carbonyl (C=O) groups excluding carboxylic acids is 2. The molecule has 0 aliphatic carbocycles. The second-order valence-electron chi connectivity index (χ2n) is 4.00. The SMILES string of the molecule is CNC(=O)c1cc(C=O)c(C=N)c(NC(C)C)n1. The Morgan fingerprint density at radius 2 is 2.17 bits per heavy atom. The van der Waals surface area contributed by atoms with Crippen LogP contribution < -0.4 is 10.6 Å². The van der Waals surface area contributed by atoms with Crippen LogP contribution in [0.15, 0.2) is 6.07 Å². The molecule has 96 valence electrons. The number of amides is 1. The molecule has 1 heterocycles. The van der Waals surface area contributed by atoms with Crippen LogP contribution in [-0.2, 0) is 0 Å². The molecule has 0 atom stereocenters. The number of anilines is 1. The molecule has 0 fully saturated rings. The number of hydrogen-bond acceptors (Lipinski definition) is 5. The highest BCUT2D eigenvalue weighted by molar-refractivity contribution is 6.00. The molecule has 3 N–H and O–H groups in total. The lowest BCUT2D eigenvalue weighted by molar-refractivity contribution is 0.0958. The van der Waals surface area contributed by atoms with Crippen molar-refractivity contribution in [3.8, 4) is 0 Å². The Balaban J connectivity index is 3.39. The number of pyridine rings is 1. The maximum atomic E-state index is 11.5. The number of aromatic nitrogens is 1. The van der Waals surface area contributed by atoms with Crippen LogP contribution in [0.1, 0.15) is 40.3 Å². The van der Waals surface area contributed by atoms with Crippen molar-refractivity contribution < 1.29 is 9.59 Å². The van der Waals surface area contributed by atoms with Crippen LogP contribution in [-0.4, -0.2) is 36.5 Å². The second-order valence-corrected chi connectivity index (χ2v) is 4.00. The Labute approximate surface area is 105 Å². The summed E-state index contributed by atoms with van der Waals surface area (Å²) in [6, 6.07) is 1.45. The number of aldehydes is 1. The summed E-state index contributed by atoms with van der Waals surface area (Å²) in [7, 11) is 1.49. The summed E-state index contributed by atoms with van der Waals surface area (Å²) in [6.07, 6.45) is 1.66. The Bertz CT molecular complexity index is 483. The molecular formula is C12H16N4O2. The van der Waals surface area contributed by atoms with Gasteiger partial charge in [0.25, 0.3) is 5.91 Å². The average Bonchev–Trinajstić information content (AvgIpc) is 2.35. The first-order valence-electron chi connectivity index (χ1n) is 5.52. The third-order valence-electron chi connectivity index (χ3n) is 2.25. The van der Waals surface area contributed by atoms with E-state index in [1.165, 1.54) is 13.1 Å². The summed E-state index contributed by atoms with van der Waals surface area (Å²) < 4.78 is 0. The zero-order valence-electron chi connectivity index (χ0n) is 10.6. The third kappa shape index (κ3) is 2.91. The summed E-state index contributed by atoms with van der Waals surface area (Å²) in [4.78, 5) is 26.7. The van der Waals surface area contributed by atoms with Gasteiger partial charge >= 0.3 is 0 Å². The molecule has 0 unspecified atom stereocenters. The number of rotatable bonds is 5. The van der Waals surface area contributed by atoms with E-state index in [4.69, 9.17) is 5.41 Å². The van der Waals surface area contributed by atoms with E-state index < -0.39 is 0 Å². The van der Waals surface area contributed by atoms with Gasteiger partial charge in [-0.3, -0.25) is 9.59 Å². The highest BCUT2D eigenvalue weighted by Gasteiger charge is 2.14. The lowest BCUT2D eigenvalue weighted by atomic mass is 10.1. The molecule has 1 amide bonds. The molecule has 6 nitrogen and oxygen atoms in total. The van der Waals surface area contributed by atoms with E-state index in [-0.39, 0.29) is 23.2 Å². The summed E-state index contributed by atoms with van der Waals surface area (Å²) in [5.41, 5.74) is 0.793. The van der Waals surface area contributed by atoms with Crippen LogP contribution >= 0.6 is 0 Å². The summed E-state index contributed by atoms with van der Waals surface area (Å²) in [5, 5.41) is 12.8. The predicted octanol–water partition coefficient (Wildman–Crippen LogP) is 1.07. The van der Waals surface area contributed by atoms with Gasteiger partial charge in [0.2, 0.25) is 0 Å². The molecule has 0 aliphatic rings. The molecule has 0 bridgehead atoms. The number of nitrogens with zero attached hydrogens (tertiary/aromatic N) is 1. The minimum absolute atomic E-state index is 0.0793. The number of hydrogen-bond donors (Lipinski definition) is 3. The summed E-state index contributed by atoms with van der Waals surface area (Å²) in [5.74, 6) is -0.00960. The van der Waals surface area contributed by atoms with Gasteiger partial charge in [-0.05, 0) is 19.9 Å². The third-order valence-corrected chi connectivity index (χ3v) is 2.25. The van der Waals surface area contributed by atoms with E-state index in [1.807, 2.05) is 13.8 Å². The summed E-state index contributed by atoms with van der Waals surface area (Å²) in [6.45, 7) is 3.81. The van der Waals surface area contributed by atoms with Crippen LogP contribution in [0.3, 0.4) is 0 Å². The molecule has 0 aliphatic heterocycles. The Morgan fingerprint density at radius 1 is 1.50 bits per heavy atom. The maximum Gasteiger partial charge on any atom is 0.269 e. The van der Waals surface area contributed by atoms with E-state index in [9.17, 15) is 9.59 Å². The fourth-order valence-corrected chi connectivity index (χ4v) is 1.45. The van der Waals surface area contributed by atoms with Gasteiger partial charge in [-0.2, -0.15) is 0 Å². The average molecular weight is 248 g/mol. The normalized spacial score (nSPS) is 10.0. The van der Waals surface area contributed by atoms with Gasteiger partial charge in [0.15, 0.2) is 6.29 Å². The lowest BCUT2D eigenvalue weighted by Gasteiger charge is -2.14. The predicted molar refractivity (Wildman–Crippen MR) is 69.7 cm³/mol. The van der Waals surface area contributed by atoms with Gasteiger partial charge in [-0.15, -0.1) is 0 Å². The molecule has 0 aromatic carbocycles. The Hall–Kier alpha value is -2.24. The molecule has 0 saturated heterocycles. The van der Waals surface area contributed by atoms with Crippen molar-refractivity contribution in [2.45, 2.75) is 19.9 Å². The fourth-order valence-electron chi connectivity index (χ4n) is 1.45. The number of nitrogens with one attached hydrogen (secondary N) is 3. The van der Waals surface area contributed by atoms with Crippen molar-refractivity contribution in [3.05, 3.63) is 22.9 Å². The lowest BCUT2D eigenvalue weighted by Crippen LogP contribution is -2.22. The van der Waals surface area contributed by atoms with Crippen molar-refractivity contribution in [2.75, 3.05) is 12.4 Å². The highest BCUT2D eigenvalue weighted by atomic mass is 16.1. The molecule has 1 aromatic heterocycles. The van der Waals surface area contributed by atoms with Crippen molar-refractivity contribution in [2.24, 2.45) is 0 Å². The Kier molecular flexibility index (Phi) is 4.53. The molecule has 0 spiro atoms. The van der Waals surface area contributed by atoms with Gasteiger partial charge in [0, 0.05) is 30.4 Å². The minimum atomic E-state index is -0.374. The largest absolute Gasteiger partial charge is 0.367 e. The van der Waals surface area contributed by atoms with Crippen LogP contribution in [0, 0.1) is 5.41 Å². The van der Waals surface area contributed by atoms with E-state index in [1.54, 1.807) is 0 Å². The quantitative estimate of drug-likeness (QED) is 0.536. The zero-order chi connectivity index (χ0) is 13.7. The minimum Gasteiger partial charge on any atom is -0.367 e. The van der Waals surface area contributed by atoms with Crippen molar-refractivity contribution in [1.29, 1.82) is 5.41 Å². The van der Waals surface area contributed by atoms with Crippen LogP contribution in [0.4, 0.5) is 5.82 Å². The first-order valence-corrected chi connectivity index (χ1v) is 5.52. The smallest absolute Gasteiger partial charge is 0.269 e. The van der Waals surface area contributed by atoms with Crippen molar-refractivity contribution in [1.82, 2.24) is 10.3 Å². The van der Waals surface area contributed by atoms with E-state index in [2.05, 4.69) is 15.6 Å². The van der Waals surface area contributed by atoms with Gasteiger partial charge in [0.1, 0.15) is 11.5 Å². The standard InChI is InChI=1S/C12H16N4O2/c1-7(2)15-11-9(5-13)8(6-17)4-10(16-11)12(18)14-3/h4-7,13H,1-3H3,(H,14,18)(H,15,16). The first-order chi connectivity index (χ1) is 8.53. The fraction of sp³-hybridized carbons (Fsp3) is 0.333. The second kappa shape index (κ2) is 5.90. The van der Waals surface area contributed by atoms with Gasteiger partial charge in [-0.25, -0.2) is 4.98 Å². The van der Waals surface area contributed by atoms with E-state index in [0.29, 0.717) is 17.7 Å². The molecule has 1 aromatic rings. The molecule has 0 radical (unpaired) electrons. The van der Waals surface area contributed by atoms with Crippen LogP contribution in [0.2, 0.25) is 0 Å². The highest BCUT2D eigenvalue weighted by Crippen LogP contribution is 2.17. The van der Waals surface area contributed by atoms with Gasteiger partial charge < -0.3 is 16.0 Å². The number of carbonyl (C=O) groups is 2. The monoisotopic (exact) mass is 248 g/mol. The molecule has 18 heavy (non-hydrogen) atoms. The van der Waals surface area contributed by atoms with E-state index >= 15 is 0 Å². The molecule has 6 heteroatoms. The van der Waals surface area contributed by atoms with E-state index in [0.717, 1.165) is 6.21 Å².